The maximum Gasteiger partial charge on any atom is 0.424 e. The first-order chi connectivity index (χ1) is 19.2. The number of fused-ring (bicyclic) bond motifs is 2. The molecule has 8 nitrogen and oxygen atoms in total. The van der Waals surface area contributed by atoms with Gasteiger partial charge >= 0.3 is 6.18 Å². The van der Waals surface area contributed by atoms with E-state index in [4.69, 9.17) is 10.5 Å². The van der Waals surface area contributed by atoms with Crippen molar-refractivity contribution in [3.63, 3.8) is 0 Å². The van der Waals surface area contributed by atoms with Crippen molar-refractivity contribution < 1.29 is 37.0 Å². The summed E-state index contributed by atoms with van der Waals surface area (Å²) < 4.78 is 62.9. The summed E-state index contributed by atoms with van der Waals surface area (Å²) in [5, 5.41) is 13.9. The lowest BCUT2D eigenvalue weighted by molar-refractivity contribution is -0.265. The van der Waals surface area contributed by atoms with Crippen LogP contribution in [0.4, 0.5) is 17.6 Å². The predicted molar refractivity (Wildman–Crippen MR) is 140 cm³/mol. The minimum absolute atomic E-state index is 0.0183. The van der Waals surface area contributed by atoms with E-state index in [0.717, 1.165) is 23.8 Å². The monoisotopic (exact) mass is 568 g/mol. The molecule has 12 heteroatoms. The van der Waals surface area contributed by atoms with Crippen LogP contribution >= 0.6 is 0 Å². The standard InChI is InChI=1S/C29H24F4N4O4/c1-15-9-18-10-17(5-8-21(18)35-12-15)25(38)36-13-28(40,29(31,32)33)22-11-20-24(41-14-27(20,2)26(34)39)23(37-22)16-3-6-19(30)7-4-16/h3-12,40H,13-14H2,1-2H3,(H2,34,39)(H,36,38)/t27-,28-/m0/s1. The minimum atomic E-state index is -5.32. The van der Waals surface area contributed by atoms with Gasteiger partial charge in [-0.25, -0.2) is 9.37 Å². The molecular weight excluding hydrogens is 544 g/mol. The summed E-state index contributed by atoms with van der Waals surface area (Å²) in [5.74, 6) is -2.36. The Morgan fingerprint density at radius 3 is 2.49 bits per heavy atom. The van der Waals surface area contributed by atoms with Crippen molar-refractivity contribution in [2.45, 2.75) is 31.0 Å². The van der Waals surface area contributed by atoms with Crippen LogP contribution in [-0.2, 0) is 15.8 Å². The van der Waals surface area contributed by atoms with E-state index in [2.05, 4.69) is 15.3 Å². The number of benzene rings is 2. The molecule has 0 unspecified atom stereocenters. The molecule has 212 valence electrons. The molecule has 0 saturated carbocycles. The van der Waals surface area contributed by atoms with Crippen LogP contribution in [0.15, 0.2) is 60.8 Å². The van der Waals surface area contributed by atoms with Crippen LogP contribution in [0.2, 0.25) is 0 Å². The van der Waals surface area contributed by atoms with E-state index in [-0.39, 0.29) is 34.7 Å². The predicted octanol–water partition coefficient (Wildman–Crippen LogP) is 4.06. The van der Waals surface area contributed by atoms with Crippen molar-refractivity contribution in [3.05, 3.63) is 89.0 Å². The smallest absolute Gasteiger partial charge is 0.424 e. The van der Waals surface area contributed by atoms with Crippen LogP contribution in [0.3, 0.4) is 0 Å². The van der Waals surface area contributed by atoms with E-state index in [1.807, 2.05) is 0 Å². The molecular formula is C29H24F4N4O4. The Kier molecular flexibility index (Phi) is 6.69. The molecule has 1 aliphatic heterocycles. The molecule has 2 amide bonds. The van der Waals surface area contributed by atoms with E-state index in [9.17, 15) is 32.3 Å². The number of carbonyl (C=O) groups is 2. The van der Waals surface area contributed by atoms with Gasteiger partial charge < -0.3 is 20.9 Å². The maximum atomic E-state index is 14.6. The largest absolute Gasteiger partial charge is 0.489 e. The van der Waals surface area contributed by atoms with Crippen LogP contribution in [0, 0.1) is 12.7 Å². The fraction of sp³-hybridized carbons (Fsp3) is 0.241. The average Bonchev–Trinajstić information content (AvgIpc) is 3.28. The van der Waals surface area contributed by atoms with Gasteiger partial charge in [0.1, 0.15) is 29.3 Å². The first-order valence-corrected chi connectivity index (χ1v) is 12.4. The lowest BCUT2D eigenvalue weighted by atomic mass is 9.81. The van der Waals surface area contributed by atoms with Gasteiger partial charge in [-0.3, -0.25) is 14.6 Å². The fourth-order valence-corrected chi connectivity index (χ4v) is 4.63. The molecule has 4 aromatic rings. The van der Waals surface area contributed by atoms with Gasteiger partial charge in [-0.2, -0.15) is 13.2 Å². The molecule has 0 fully saturated rings. The number of ether oxygens (including phenoxy) is 1. The summed E-state index contributed by atoms with van der Waals surface area (Å²) in [5.41, 5.74) is 0.895. The van der Waals surface area contributed by atoms with Crippen molar-refractivity contribution in [2.75, 3.05) is 13.2 Å². The van der Waals surface area contributed by atoms with E-state index in [0.29, 0.717) is 10.9 Å². The molecule has 0 saturated heterocycles. The molecule has 5 rings (SSSR count). The Bertz CT molecular complexity index is 1690. The summed E-state index contributed by atoms with van der Waals surface area (Å²) in [6.07, 6.45) is -3.68. The van der Waals surface area contributed by atoms with Crippen molar-refractivity contribution in [3.8, 4) is 17.0 Å². The van der Waals surface area contributed by atoms with Crippen molar-refractivity contribution in [1.29, 1.82) is 0 Å². The number of nitrogens with two attached hydrogens (primary N) is 1. The van der Waals surface area contributed by atoms with Gasteiger partial charge in [0.15, 0.2) is 0 Å². The van der Waals surface area contributed by atoms with Gasteiger partial charge in [-0.15, -0.1) is 0 Å². The van der Waals surface area contributed by atoms with Crippen LogP contribution in [0.1, 0.15) is 34.1 Å². The molecule has 2 aromatic carbocycles. The molecule has 0 radical (unpaired) electrons. The van der Waals surface area contributed by atoms with Gasteiger partial charge in [0.2, 0.25) is 11.5 Å². The molecule has 0 spiro atoms. The number of pyridine rings is 2. The number of amides is 2. The zero-order valence-electron chi connectivity index (χ0n) is 21.8. The summed E-state index contributed by atoms with van der Waals surface area (Å²) in [7, 11) is 0. The Labute approximate surface area is 231 Å². The third kappa shape index (κ3) is 4.84. The van der Waals surface area contributed by atoms with E-state index in [1.54, 1.807) is 25.3 Å². The molecule has 2 aromatic heterocycles. The van der Waals surface area contributed by atoms with Crippen LogP contribution in [0.5, 0.6) is 5.75 Å². The highest BCUT2D eigenvalue weighted by molar-refractivity contribution is 5.98. The number of hydrogen-bond acceptors (Lipinski definition) is 6. The number of halogens is 4. The van der Waals surface area contributed by atoms with Crippen molar-refractivity contribution in [2.24, 2.45) is 5.73 Å². The summed E-state index contributed by atoms with van der Waals surface area (Å²) in [6.45, 7) is 1.61. The molecule has 41 heavy (non-hydrogen) atoms. The molecule has 0 aliphatic carbocycles. The van der Waals surface area contributed by atoms with Gasteiger partial charge in [0, 0.05) is 28.3 Å². The Morgan fingerprint density at radius 2 is 1.83 bits per heavy atom. The second-order valence-electron chi connectivity index (χ2n) is 10.2. The first-order valence-electron chi connectivity index (χ1n) is 12.4. The molecule has 2 atom stereocenters. The van der Waals surface area contributed by atoms with Crippen LogP contribution in [-0.4, -0.2) is 46.2 Å². The van der Waals surface area contributed by atoms with Crippen LogP contribution < -0.4 is 15.8 Å². The number of carbonyl (C=O) groups excluding carboxylic acids is 2. The normalized spacial score (nSPS) is 17.9. The number of aliphatic hydroxyl groups is 1. The van der Waals surface area contributed by atoms with E-state index in [1.165, 1.54) is 31.2 Å². The van der Waals surface area contributed by atoms with Gasteiger partial charge in [-0.1, -0.05) is 0 Å². The SMILES string of the molecule is Cc1cnc2ccc(C(=O)NC[C@](O)(c3cc4c(c(-c5ccc(F)cc5)n3)OC[C@]4(C)C(N)=O)C(F)(F)F)cc2c1. The zero-order chi connectivity index (χ0) is 29.7. The molecule has 3 heterocycles. The molecule has 1 aliphatic rings. The fourth-order valence-electron chi connectivity index (χ4n) is 4.63. The Morgan fingerprint density at radius 1 is 1.12 bits per heavy atom. The lowest BCUT2D eigenvalue weighted by Crippen LogP contribution is -2.51. The summed E-state index contributed by atoms with van der Waals surface area (Å²) >= 11 is 0. The third-order valence-corrected chi connectivity index (χ3v) is 7.21. The number of rotatable bonds is 6. The maximum absolute atomic E-state index is 14.6. The van der Waals surface area contributed by atoms with Gasteiger partial charge in [0.25, 0.3) is 5.91 Å². The average molecular weight is 569 g/mol. The highest BCUT2D eigenvalue weighted by atomic mass is 19.4. The zero-order valence-corrected chi connectivity index (χ0v) is 21.8. The van der Waals surface area contributed by atoms with Crippen molar-refractivity contribution in [1.82, 2.24) is 15.3 Å². The molecule has 4 N–H and O–H groups in total. The Hall–Kier alpha value is -4.58. The second kappa shape index (κ2) is 9.81. The number of alkyl halides is 3. The summed E-state index contributed by atoms with van der Waals surface area (Å²) in [4.78, 5) is 33.6. The topological polar surface area (TPSA) is 127 Å². The van der Waals surface area contributed by atoms with Gasteiger partial charge in [0.05, 0.1) is 17.8 Å². The first kappa shape index (κ1) is 28.0. The number of hydrogen-bond donors (Lipinski definition) is 3. The van der Waals surface area contributed by atoms with Crippen LogP contribution in [0.25, 0.3) is 22.2 Å². The summed E-state index contributed by atoms with van der Waals surface area (Å²) in [6, 6.07) is 11.8. The van der Waals surface area contributed by atoms with Gasteiger partial charge in [-0.05, 0) is 74.0 Å². The lowest BCUT2D eigenvalue weighted by Gasteiger charge is -2.31. The minimum Gasteiger partial charge on any atom is -0.489 e. The number of aromatic nitrogens is 2. The van der Waals surface area contributed by atoms with E-state index < -0.39 is 47.1 Å². The Balaban J connectivity index is 1.58. The number of aryl methyl sites for hydroxylation is 1. The second-order valence-corrected chi connectivity index (χ2v) is 10.2. The molecule has 0 bridgehead atoms. The number of nitrogens with zero attached hydrogens (tertiary/aromatic N) is 2. The highest BCUT2D eigenvalue weighted by Crippen LogP contribution is 2.47. The van der Waals surface area contributed by atoms with Crippen molar-refractivity contribution >= 4 is 22.7 Å². The third-order valence-electron chi connectivity index (χ3n) is 7.21. The number of primary amides is 1. The number of nitrogens with one attached hydrogen (secondary N) is 1. The quantitative estimate of drug-likeness (QED) is 0.301. The van der Waals surface area contributed by atoms with E-state index >= 15 is 0 Å². The highest BCUT2D eigenvalue weighted by Gasteiger charge is 2.57.